The molecule has 3 rings (SSSR count). The predicted octanol–water partition coefficient (Wildman–Crippen LogP) is 6.27. The molecule has 1 aliphatic rings. The van der Waals surface area contributed by atoms with Gasteiger partial charge in [0, 0.05) is 5.92 Å². The number of benzene rings is 2. The van der Waals surface area contributed by atoms with E-state index >= 15 is 0 Å². The SMILES string of the molecule is CC1(C(=O)O)C=CCC(C(=O)O)(C(F)F)C1c1ccc(F)cc1-c1ccc(Cl)c(Cl)c1. The third kappa shape index (κ3) is 3.70. The van der Waals surface area contributed by atoms with E-state index in [4.69, 9.17) is 23.2 Å². The molecule has 0 saturated carbocycles. The fourth-order valence-corrected chi connectivity index (χ4v) is 4.55. The zero-order valence-corrected chi connectivity index (χ0v) is 17.6. The first kappa shape index (κ1) is 23.2. The summed E-state index contributed by atoms with van der Waals surface area (Å²) in [5.74, 6) is -5.76. The van der Waals surface area contributed by atoms with Crippen molar-refractivity contribution in [2.75, 3.05) is 0 Å². The normalized spacial score (nSPS) is 25.6. The summed E-state index contributed by atoms with van der Waals surface area (Å²) in [6, 6.07) is 7.43. The van der Waals surface area contributed by atoms with E-state index in [9.17, 15) is 33.0 Å². The minimum atomic E-state index is -3.40. The number of hydrogen-bond acceptors (Lipinski definition) is 2. The highest BCUT2D eigenvalue weighted by atomic mass is 35.5. The molecule has 0 aromatic heterocycles. The second-order valence-electron chi connectivity index (χ2n) is 7.63. The summed E-state index contributed by atoms with van der Waals surface area (Å²) in [5, 5.41) is 20.1. The molecule has 3 unspecified atom stereocenters. The van der Waals surface area contributed by atoms with E-state index in [1.54, 1.807) is 0 Å². The Kier molecular flexibility index (Phi) is 6.13. The number of halogens is 5. The van der Waals surface area contributed by atoms with Crippen LogP contribution in [0.5, 0.6) is 0 Å². The molecule has 0 bridgehead atoms. The Morgan fingerprint density at radius 2 is 1.74 bits per heavy atom. The van der Waals surface area contributed by atoms with E-state index in [-0.39, 0.29) is 26.7 Å². The summed E-state index contributed by atoms with van der Waals surface area (Å²) in [7, 11) is 0. The number of rotatable bonds is 5. The van der Waals surface area contributed by atoms with Gasteiger partial charge in [-0.25, -0.2) is 13.2 Å². The molecule has 2 aromatic rings. The van der Waals surface area contributed by atoms with Crippen molar-refractivity contribution in [2.24, 2.45) is 10.8 Å². The van der Waals surface area contributed by atoms with Gasteiger partial charge in [-0.2, -0.15) is 0 Å². The third-order valence-corrected chi connectivity index (χ3v) is 6.58. The second-order valence-corrected chi connectivity index (χ2v) is 8.45. The molecule has 9 heteroatoms. The van der Waals surface area contributed by atoms with Crippen LogP contribution in [-0.2, 0) is 9.59 Å². The summed E-state index contributed by atoms with van der Waals surface area (Å²) < 4.78 is 42.9. The van der Waals surface area contributed by atoms with Crippen LogP contribution in [0, 0.1) is 16.6 Å². The lowest BCUT2D eigenvalue weighted by Crippen LogP contribution is -2.53. The molecule has 0 radical (unpaired) electrons. The van der Waals surface area contributed by atoms with Crippen LogP contribution in [0.1, 0.15) is 24.8 Å². The van der Waals surface area contributed by atoms with Gasteiger partial charge in [0.2, 0.25) is 0 Å². The third-order valence-electron chi connectivity index (χ3n) is 5.84. The first-order chi connectivity index (χ1) is 14.4. The van der Waals surface area contributed by atoms with Gasteiger partial charge in [0.1, 0.15) is 11.2 Å². The van der Waals surface area contributed by atoms with E-state index in [1.807, 2.05) is 0 Å². The Morgan fingerprint density at radius 1 is 1.06 bits per heavy atom. The van der Waals surface area contributed by atoms with E-state index in [0.29, 0.717) is 0 Å². The molecule has 0 spiro atoms. The molecular weight excluding hydrogens is 456 g/mol. The molecule has 1 aliphatic carbocycles. The zero-order valence-electron chi connectivity index (χ0n) is 16.1. The van der Waals surface area contributed by atoms with E-state index < -0.39 is 47.3 Å². The van der Waals surface area contributed by atoms with Crippen LogP contribution in [0.15, 0.2) is 48.6 Å². The standard InChI is InChI=1S/C22H17Cl2F3O4/c1-21(19(28)29)7-2-8-22(18(26)27,20(30)31)17(21)13-5-4-12(25)10-14(13)11-3-6-15(23)16(24)9-11/h2-7,9-10,17-18H,8H2,1H3,(H,28,29)(H,30,31). The number of alkyl halides is 2. The van der Waals surface area contributed by atoms with Crippen LogP contribution in [0.4, 0.5) is 13.2 Å². The molecule has 0 fully saturated rings. The van der Waals surface area contributed by atoms with Crippen LogP contribution in [0.3, 0.4) is 0 Å². The maximum absolute atomic E-state index is 14.4. The number of carboxylic acid groups (broad SMARTS) is 2. The predicted molar refractivity (Wildman–Crippen MR) is 110 cm³/mol. The summed E-state index contributed by atoms with van der Waals surface area (Å²) in [5.41, 5.74) is -4.46. The highest BCUT2D eigenvalue weighted by Gasteiger charge is 2.63. The number of carbonyl (C=O) groups is 2. The summed E-state index contributed by atoms with van der Waals surface area (Å²) in [6.45, 7) is 1.18. The van der Waals surface area contributed by atoms with E-state index in [1.165, 1.54) is 31.2 Å². The fraction of sp³-hybridized carbons (Fsp3) is 0.273. The Bertz CT molecular complexity index is 1090. The van der Waals surface area contributed by atoms with Crippen molar-refractivity contribution in [1.29, 1.82) is 0 Å². The minimum absolute atomic E-state index is 0.0447. The van der Waals surface area contributed by atoms with E-state index in [0.717, 1.165) is 24.3 Å². The van der Waals surface area contributed by atoms with Crippen molar-refractivity contribution in [3.8, 4) is 11.1 Å². The smallest absolute Gasteiger partial charge is 0.316 e. The molecule has 0 aliphatic heterocycles. The van der Waals surface area contributed by atoms with Crippen molar-refractivity contribution in [2.45, 2.75) is 25.7 Å². The van der Waals surface area contributed by atoms with Gasteiger partial charge in [0.15, 0.2) is 0 Å². The van der Waals surface area contributed by atoms with Gasteiger partial charge in [-0.05, 0) is 54.3 Å². The lowest BCUT2D eigenvalue weighted by molar-refractivity contribution is -0.170. The minimum Gasteiger partial charge on any atom is -0.481 e. The largest absolute Gasteiger partial charge is 0.481 e. The monoisotopic (exact) mass is 472 g/mol. The highest BCUT2D eigenvalue weighted by molar-refractivity contribution is 6.42. The quantitative estimate of drug-likeness (QED) is 0.502. The maximum atomic E-state index is 14.4. The van der Waals surface area contributed by atoms with Gasteiger partial charge in [0.05, 0.1) is 15.5 Å². The van der Waals surface area contributed by atoms with Gasteiger partial charge < -0.3 is 10.2 Å². The molecule has 2 N–H and O–H groups in total. The highest BCUT2D eigenvalue weighted by Crippen LogP contribution is 2.58. The molecular formula is C22H17Cl2F3O4. The van der Waals surface area contributed by atoms with Crippen molar-refractivity contribution >= 4 is 35.1 Å². The molecule has 0 heterocycles. The summed E-state index contributed by atoms with van der Waals surface area (Å²) in [6.07, 6.45) is -1.63. The second kappa shape index (κ2) is 8.20. The average Bonchev–Trinajstić information content (AvgIpc) is 2.69. The Morgan fingerprint density at radius 3 is 2.29 bits per heavy atom. The van der Waals surface area contributed by atoms with Crippen LogP contribution >= 0.6 is 23.2 Å². The molecule has 164 valence electrons. The fourth-order valence-electron chi connectivity index (χ4n) is 4.26. The molecule has 31 heavy (non-hydrogen) atoms. The topological polar surface area (TPSA) is 74.6 Å². The lowest BCUT2D eigenvalue weighted by atomic mass is 9.55. The number of hydrogen-bond donors (Lipinski definition) is 2. The van der Waals surface area contributed by atoms with Gasteiger partial charge in [-0.3, -0.25) is 9.59 Å². The first-order valence-electron chi connectivity index (χ1n) is 9.12. The van der Waals surface area contributed by atoms with Crippen LogP contribution in [0.25, 0.3) is 11.1 Å². The Labute approximate surface area is 185 Å². The van der Waals surface area contributed by atoms with Crippen LogP contribution in [0.2, 0.25) is 10.0 Å². The van der Waals surface area contributed by atoms with Crippen molar-refractivity contribution < 1.29 is 33.0 Å². The molecule has 2 aromatic carbocycles. The van der Waals surface area contributed by atoms with Crippen molar-refractivity contribution in [1.82, 2.24) is 0 Å². The maximum Gasteiger partial charge on any atom is 0.316 e. The Hall–Kier alpha value is -2.51. The number of carboxylic acids is 2. The van der Waals surface area contributed by atoms with Gasteiger partial charge in [0.25, 0.3) is 6.43 Å². The van der Waals surface area contributed by atoms with Crippen LogP contribution in [-0.4, -0.2) is 28.6 Å². The average molecular weight is 473 g/mol. The molecule has 4 nitrogen and oxygen atoms in total. The van der Waals surface area contributed by atoms with Gasteiger partial charge >= 0.3 is 11.9 Å². The summed E-state index contributed by atoms with van der Waals surface area (Å²) in [4.78, 5) is 24.4. The van der Waals surface area contributed by atoms with Gasteiger partial charge in [-0.15, -0.1) is 0 Å². The van der Waals surface area contributed by atoms with Crippen molar-refractivity contribution in [3.63, 3.8) is 0 Å². The van der Waals surface area contributed by atoms with Crippen molar-refractivity contribution in [3.05, 3.63) is 70.0 Å². The van der Waals surface area contributed by atoms with Crippen LogP contribution < -0.4 is 0 Å². The summed E-state index contributed by atoms with van der Waals surface area (Å²) >= 11 is 12.0. The van der Waals surface area contributed by atoms with Gasteiger partial charge in [-0.1, -0.05) is 47.5 Å². The first-order valence-corrected chi connectivity index (χ1v) is 9.88. The molecule has 3 atom stereocenters. The molecule has 0 saturated heterocycles. The molecule has 0 amide bonds. The Balaban J connectivity index is 2.41. The number of allylic oxidation sites excluding steroid dienone is 1. The van der Waals surface area contributed by atoms with E-state index in [2.05, 4.69) is 0 Å². The number of aliphatic carboxylic acids is 2. The zero-order chi connectivity index (χ0) is 23.1. The lowest BCUT2D eigenvalue weighted by Gasteiger charge is -2.46.